The highest BCUT2D eigenvalue weighted by Gasteiger charge is 2.67. The Morgan fingerprint density at radius 2 is 1.77 bits per heavy atom. The van der Waals surface area contributed by atoms with Crippen molar-refractivity contribution in [3.8, 4) is 5.75 Å². The number of nitrogens with zero attached hydrogens (tertiary/aromatic N) is 3. The molecule has 11 heteroatoms. The van der Waals surface area contributed by atoms with Crippen LogP contribution in [0.3, 0.4) is 0 Å². The predicted molar refractivity (Wildman–Crippen MR) is 185 cm³/mol. The Hall–Kier alpha value is -4.19. The van der Waals surface area contributed by atoms with Gasteiger partial charge in [-0.25, -0.2) is 4.79 Å². The number of anilines is 3. The molecule has 4 aliphatic heterocycles. The number of cyclic esters (lactones) is 1. The van der Waals surface area contributed by atoms with Gasteiger partial charge in [-0.1, -0.05) is 55.5 Å². The zero-order valence-electron chi connectivity index (χ0n) is 27.9. The summed E-state index contributed by atoms with van der Waals surface area (Å²) < 4.78 is 17.9. The third kappa shape index (κ3) is 5.02. The second kappa shape index (κ2) is 12.4. The van der Waals surface area contributed by atoms with Crippen molar-refractivity contribution >= 4 is 48.2 Å². The van der Waals surface area contributed by atoms with Gasteiger partial charge in [-0.3, -0.25) is 19.4 Å². The molecule has 252 valence electrons. The topological polar surface area (TPSA) is 109 Å². The predicted octanol–water partition coefficient (Wildman–Crippen LogP) is 4.92. The Kier molecular flexibility index (Phi) is 8.33. The van der Waals surface area contributed by atoms with Gasteiger partial charge in [0.25, 0.3) is 5.91 Å². The fourth-order valence-corrected chi connectivity index (χ4v) is 12.7. The lowest BCUT2D eigenvalue weighted by atomic mass is 9.82. The zero-order chi connectivity index (χ0) is 33.8. The number of aliphatic hydroxyl groups excluding tert-OH is 1. The monoisotopic (exact) mass is 669 g/mol. The molecule has 0 aromatic heterocycles. The van der Waals surface area contributed by atoms with E-state index >= 15 is 4.79 Å². The van der Waals surface area contributed by atoms with Crippen LogP contribution in [-0.4, -0.2) is 81.5 Å². The van der Waals surface area contributed by atoms with Gasteiger partial charge in [0.1, 0.15) is 12.4 Å². The third-order valence-electron chi connectivity index (χ3n) is 11.1. The molecule has 1 spiro atoms. The molecule has 10 nitrogen and oxygen atoms in total. The van der Waals surface area contributed by atoms with Crippen molar-refractivity contribution in [2.24, 2.45) is 5.92 Å². The third-order valence-corrected chi connectivity index (χ3v) is 15.5. The van der Waals surface area contributed by atoms with Gasteiger partial charge in [0.2, 0.25) is 5.91 Å². The number of carbonyl (C=O) groups is 3. The maximum Gasteiger partial charge on any atom is 0.414 e. The van der Waals surface area contributed by atoms with Crippen molar-refractivity contribution in [2.45, 2.75) is 62.6 Å². The number of ether oxygens (including phenoxy) is 3. The lowest BCUT2D eigenvalue weighted by Crippen LogP contribution is -2.52. The van der Waals surface area contributed by atoms with Crippen LogP contribution in [0, 0.1) is 5.92 Å². The largest absolute Gasteiger partial charge is 0.497 e. The van der Waals surface area contributed by atoms with Gasteiger partial charge in [-0.2, -0.15) is 0 Å². The lowest BCUT2D eigenvalue weighted by molar-refractivity contribution is -0.149. The van der Waals surface area contributed by atoms with Crippen LogP contribution >= 0.6 is 0 Å². The summed E-state index contributed by atoms with van der Waals surface area (Å²) in [7, 11) is -0.847. The first-order valence-corrected chi connectivity index (χ1v) is 19.9. The molecule has 4 aliphatic rings. The number of benzene rings is 3. The zero-order valence-corrected chi connectivity index (χ0v) is 28.9. The van der Waals surface area contributed by atoms with Gasteiger partial charge >= 0.3 is 6.09 Å². The number of hydrogen-bond donors (Lipinski definition) is 1. The molecule has 0 saturated carbocycles. The van der Waals surface area contributed by atoms with E-state index in [-0.39, 0.29) is 42.3 Å². The molecule has 3 fully saturated rings. The molecule has 1 N–H and O–H groups in total. The van der Waals surface area contributed by atoms with Crippen LogP contribution in [0.4, 0.5) is 21.9 Å². The first kappa shape index (κ1) is 32.4. The molecular weight excluding hydrogens is 627 g/mol. The van der Waals surface area contributed by atoms with E-state index in [0.717, 1.165) is 24.3 Å². The number of aliphatic hydroxyl groups is 1. The van der Waals surface area contributed by atoms with Gasteiger partial charge in [0.05, 0.1) is 52.6 Å². The number of rotatable bonds is 8. The summed E-state index contributed by atoms with van der Waals surface area (Å²) in [4.78, 5) is 46.9. The quantitative estimate of drug-likeness (QED) is 0.340. The van der Waals surface area contributed by atoms with Crippen molar-refractivity contribution in [3.05, 3.63) is 78.4 Å². The van der Waals surface area contributed by atoms with Crippen molar-refractivity contribution in [1.29, 1.82) is 0 Å². The van der Waals surface area contributed by atoms with Crippen molar-refractivity contribution in [2.75, 3.05) is 43.2 Å². The van der Waals surface area contributed by atoms with Gasteiger partial charge in [0, 0.05) is 29.4 Å². The Morgan fingerprint density at radius 1 is 1.02 bits per heavy atom. The average molecular weight is 670 g/mol. The molecule has 7 rings (SSSR count). The van der Waals surface area contributed by atoms with E-state index < -0.39 is 25.9 Å². The van der Waals surface area contributed by atoms with Crippen LogP contribution in [0.1, 0.15) is 31.7 Å². The minimum absolute atomic E-state index is 0.0653. The lowest BCUT2D eigenvalue weighted by Gasteiger charge is -2.37. The van der Waals surface area contributed by atoms with Gasteiger partial charge in [-0.05, 0) is 60.8 Å². The number of likely N-dealkylation sites (tertiary alicyclic amines) is 1. The SMILES string of the molecule is COc1ccc([Si](C)(C)[C@H]2[C@H](CC(=O)N3CCC[C@H]3CO)O[C@@]3(C(=O)N(c4ccccc4)c4ccc(N5CCOC5=O)cc43)[C@@H]2C)cc1. The summed E-state index contributed by atoms with van der Waals surface area (Å²) in [5, 5.41) is 11.2. The Balaban J connectivity index is 1.37. The van der Waals surface area contributed by atoms with E-state index in [1.54, 1.807) is 21.8 Å². The maximum absolute atomic E-state index is 15.1. The number of methoxy groups -OCH3 is 1. The highest BCUT2D eigenvalue weighted by atomic mass is 28.3. The van der Waals surface area contributed by atoms with E-state index in [1.807, 2.05) is 60.7 Å². The fourth-order valence-electron chi connectivity index (χ4n) is 8.70. The van der Waals surface area contributed by atoms with E-state index in [9.17, 15) is 14.7 Å². The average Bonchev–Trinajstić information content (AvgIpc) is 3.87. The van der Waals surface area contributed by atoms with Crippen molar-refractivity contribution < 1.29 is 33.7 Å². The highest BCUT2D eigenvalue weighted by molar-refractivity contribution is 6.91. The summed E-state index contributed by atoms with van der Waals surface area (Å²) in [6.45, 7) is 7.89. The molecule has 0 unspecified atom stereocenters. The molecule has 3 aromatic carbocycles. The maximum atomic E-state index is 15.1. The Bertz CT molecular complexity index is 1720. The molecule has 48 heavy (non-hydrogen) atoms. The second-order valence-electron chi connectivity index (χ2n) is 13.9. The minimum Gasteiger partial charge on any atom is -0.497 e. The van der Waals surface area contributed by atoms with E-state index in [4.69, 9.17) is 14.2 Å². The Labute approximate surface area is 282 Å². The van der Waals surface area contributed by atoms with E-state index in [1.165, 1.54) is 5.19 Å². The van der Waals surface area contributed by atoms with Crippen LogP contribution < -0.4 is 19.7 Å². The minimum atomic E-state index is -2.49. The van der Waals surface area contributed by atoms with E-state index in [2.05, 4.69) is 32.2 Å². The number of fused-ring (bicyclic) bond motifs is 2. The number of amides is 3. The molecule has 3 amide bonds. The fraction of sp³-hybridized carbons (Fsp3) is 0.432. The van der Waals surface area contributed by atoms with Crippen LogP contribution in [0.25, 0.3) is 0 Å². The van der Waals surface area contributed by atoms with Crippen LogP contribution in [0.15, 0.2) is 72.8 Å². The first-order valence-electron chi connectivity index (χ1n) is 16.8. The summed E-state index contributed by atoms with van der Waals surface area (Å²) >= 11 is 0. The molecule has 5 atom stereocenters. The molecular formula is C37H43N3O7Si. The normalized spacial score (nSPS) is 26.8. The molecule has 3 saturated heterocycles. The van der Waals surface area contributed by atoms with Crippen LogP contribution in [-0.2, 0) is 24.7 Å². The van der Waals surface area contributed by atoms with Crippen LogP contribution in [0.5, 0.6) is 5.75 Å². The molecule has 0 radical (unpaired) electrons. The van der Waals surface area contributed by atoms with Crippen molar-refractivity contribution in [3.63, 3.8) is 0 Å². The smallest absolute Gasteiger partial charge is 0.414 e. The summed E-state index contributed by atoms with van der Waals surface area (Å²) in [6.07, 6.45) is 0.726. The molecule has 4 heterocycles. The first-order chi connectivity index (χ1) is 23.1. The van der Waals surface area contributed by atoms with Gasteiger partial charge in [-0.15, -0.1) is 0 Å². The van der Waals surface area contributed by atoms with Gasteiger partial charge < -0.3 is 24.2 Å². The molecule has 0 aliphatic carbocycles. The summed E-state index contributed by atoms with van der Waals surface area (Å²) in [6, 6.07) is 23.1. The summed E-state index contributed by atoms with van der Waals surface area (Å²) in [5.41, 5.74) is 1.20. The Morgan fingerprint density at radius 3 is 2.44 bits per heavy atom. The van der Waals surface area contributed by atoms with Crippen molar-refractivity contribution in [1.82, 2.24) is 4.90 Å². The number of hydrogen-bond acceptors (Lipinski definition) is 7. The number of para-hydroxylation sites is 1. The van der Waals surface area contributed by atoms with Crippen LogP contribution in [0.2, 0.25) is 18.6 Å². The van der Waals surface area contributed by atoms with E-state index in [0.29, 0.717) is 36.6 Å². The highest BCUT2D eigenvalue weighted by Crippen LogP contribution is 2.61. The van der Waals surface area contributed by atoms with Gasteiger partial charge in [0.15, 0.2) is 5.60 Å². The second-order valence-corrected chi connectivity index (χ2v) is 18.6. The number of carbonyl (C=O) groups excluding carboxylic acids is 3. The molecule has 3 aromatic rings. The standard InChI is InChI=1S/C37H43N3O7Si/c1-24-34(48(3,4)29-15-13-28(45-2)14-16-29)32(22-33(42)38-18-8-11-27(38)23-41)47-37(24)30-21-26(39-19-20-46-36(39)44)12-17-31(30)40(35(37)43)25-9-6-5-7-10-25/h5-7,9-10,12-17,21,24,27,32,34,41H,8,11,18-20,22-23H2,1-4H3/t24-,27+,32+,34-,37+/m1/s1. The molecule has 0 bridgehead atoms. The summed E-state index contributed by atoms with van der Waals surface area (Å²) in [5.74, 6) is 0.167.